The van der Waals surface area contributed by atoms with Gasteiger partial charge in [0.1, 0.15) is 0 Å². The van der Waals surface area contributed by atoms with Crippen molar-refractivity contribution in [3.05, 3.63) is 52.5 Å². The Morgan fingerprint density at radius 2 is 1.50 bits per heavy atom. The van der Waals surface area contributed by atoms with Gasteiger partial charge in [-0.1, -0.05) is 30.7 Å². The van der Waals surface area contributed by atoms with Crippen molar-refractivity contribution in [2.24, 2.45) is 0 Å². The third-order valence-corrected chi connectivity index (χ3v) is 5.77. The van der Waals surface area contributed by atoms with Gasteiger partial charge in [-0.3, -0.25) is 0 Å². The van der Waals surface area contributed by atoms with E-state index in [2.05, 4.69) is 24.4 Å². The molecule has 1 aliphatic heterocycles. The maximum atomic E-state index is 6.15. The van der Waals surface area contributed by atoms with Crippen LogP contribution in [0.5, 0.6) is 17.2 Å². The lowest BCUT2D eigenvalue weighted by Gasteiger charge is -2.30. The molecule has 1 atom stereocenters. The number of benzene rings is 2. The van der Waals surface area contributed by atoms with E-state index in [1.165, 1.54) is 5.56 Å². The Bertz CT molecular complexity index is 797. The molecule has 0 radical (unpaired) electrons. The van der Waals surface area contributed by atoms with Crippen molar-refractivity contribution in [1.29, 1.82) is 0 Å². The summed E-state index contributed by atoms with van der Waals surface area (Å²) in [7, 11) is 8.56. The molecule has 0 saturated carbocycles. The average Bonchev–Trinajstić information content (AvgIpc) is 3.30. The van der Waals surface area contributed by atoms with Crippen LogP contribution in [0.1, 0.15) is 43.2 Å². The molecular weight excluding hydrogens is 430 g/mol. The molecule has 1 N–H and O–H groups in total. The second kappa shape index (κ2) is 12.9. The molecule has 0 aliphatic carbocycles. The highest BCUT2D eigenvalue weighted by molar-refractivity contribution is 6.30. The molecule has 1 aliphatic rings. The number of hydrogen-bond acceptors (Lipinski definition) is 6. The van der Waals surface area contributed by atoms with Crippen LogP contribution < -0.4 is 19.5 Å². The van der Waals surface area contributed by atoms with Crippen molar-refractivity contribution >= 4 is 11.6 Å². The molecule has 6 nitrogen and oxygen atoms in total. The SMILES string of the molecule is CCC(CCC1(c2cc(OC)c(OC)c(OC)c2)OCCO1)c1ccc(Cl)cc1.CNC. The summed E-state index contributed by atoms with van der Waals surface area (Å²) in [5.74, 6) is 1.29. The van der Waals surface area contributed by atoms with E-state index in [9.17, 15) is 0 Å². The van der Waals surface area contributed by atoms with Gasteiger partial charge in [-0.2, -0.15) is 0 Å². The minimum absolute atomic E-state index is 0.388. The molecular formula is C25H36ClNO5. The molecule has 1 heterocycles. The van der Waals surface area contributed by atoms with E-state index in [1.807, 2.05) is 38.4 Å². The number of rotatable bonds is 9. The first-order valence-electron chi connectivity index (χ1n) is 10.9. The van der Waals surface area contributed by atoms with Crippen molar-refractivity contribution in [2.75, 3.05) is 48.6 Å². The lowest BCUT2D eigenvalue weighted by Crippen LogP contribution is -2.28. The van der Waals surface area contributed by atoms with Gasteiger partial charge in [-0.05, 0) is 62.7 Å². The molecule has 3 rings (SSSR count). The third kappa shape index (κ3) is 6.29. The quantitative estimate of drug-likeness (QED) is 0.537. The van der Waals surface area contributed by atoms with E-state index >= 15 is 0 Å². The fourth-order valence-corrected chi connectivity index (χ4v) is 4.04. The summed E-state index contributed by atoms with van der Waals surface area (Å²) in [6.45, 7) is 3.30. The van der Waals surface area contributed by atoms with Gasteiger partial charge in [0.25, 0.3) is 0 Å². The van der Waals surface area contributed by atoms with Gasteiger partial charge in [-0.25, -0.2) is 0 Å². The van der Waals surface area contributed by atoms with E-state index < -0.39 is 5.79 Å². The Balaban J connectivity index is 0.00000114. The minimum atomic E-state index is -0.827. The Kier molecular flexibility index (Phi) is 10.6. The van der Waals surface area contributed by atoms with Gasteiger partial charge in [0, 0.05) is 17.0 Å². The van der Waals surface area contributed by atoms with Crippen LogP contribution >= 0.6 is 11.6 Å². The van der Waals surface area contributed by atoms with Crippen LogP contribution in [0.15, 0.2) is 36.4 Å². The van der Waals surface area contributed by atoms with E-state index in [0.29, 0.717) is 42.8 Å². The molecule has 0 spiro atoms. The molecule has 1 saturated heterocycles. The highest BCUT2D eigenvalue weighted by Crippen LogP contribution is 2.46. The molecule has 1 fully saturated rings. The zero-order valence-corrected chi connectivity index (χ0v) is 20.8. The lowest BCUT2D eigenvalue weighted by molar-refractivity contribution is -0.172. The smallest absolute Gasteiger partial charge is 0.203 e. The standard InChI is InChI=1S/C23H29ClO5.C2H7N/c1-5-16(17-6-8-19(24)9-7-17)10-11-23(28-12-13-29-23)18-14-20(25-2)22(27-4)21(15-18)26-3;1-3-2/h6-9,14-16H,5,10-13H2,1-4H3;3H,1-2H3. The van der Waals surface area contributed by atoms with Gasteiger partial charge in [-0.15, -0.1) is 0 Å². The second-order valence-electron chi connectivity index (χ2n) is 7.56. The Morgan fingerprint density at radius 3 is 1.94 bits per heavy atom. The number of hydrogen-bond donors (Lipinski definition) is 1. The van der Waals surface area contributed by atoms with Crippen molar-refractivity contribution < 1.29 is 23.7 Å². The highest BCUT2D eigenvalue weighted by atomic mass is 35.5. The number of methoxy groups -OCH3 is 3. The van der Waals surface area contributed by atoms with Crippen LogP contribution in [0.25, 0.3) is 0 Å². The van der Waals surface area contributed by atoms with E-state index in [1.54, 1.807) is 21.3 Å². The monoisotopic (exact) mass is 465 g/mol. The van der Waals surface area contributed by atoms with Crippen LogP contribution in [0.3, 0.4) is 0 Å². The van der Waals surface area contributed by atoms with Gasteiger partial charge >= 0.3 is 0 Å². The van der Waals surface area contributed by atoms with Crippen molar-refractivity contribution in [3.63, 3.8) is 0 Å². The maximum absolute atomic E-state index is 6.15. The Labute approximate surface area is 197 Å². The summed E-state index contributed by atoms with van der Waals surface area (Å²) in [6, 6.07) is 11.9. The van der Waals surface area contributed by atoms with Crippen molar-refractivity contribution in [3.8, 4) is 17.2 Å². The number of ether oxygens (including phenoxy) is 5. The average molecular weight is 466 g/mol. The molecule has 178 valence electrons. The van der Waals surface area contributed by atoms with Gasteiger partial charge < -0.3 is 29.0 Å². The van der Waals surface area contributed by atoms with E-state index in [4.69, 9.17) is 35.3 Å². The summed E-state index contributed by atoms with van der Waals surface area (Å²) < 4.78 is 28.8. The van der Waals surface area contributed by atoms with Gasteiger partial charge in [0.05, 0.1) is 34.5 Å². The highest BCUT2D eigenvalue weighted by Gasteiger charge is 2.40. The molecule has 0 amide bonds. The third-order valence-electron chi connectivity index (χ3n) is 5.51. The topological polar surface area (TPSA) is 58.2 Å². The normalized spacial score (nSPS) is 15.5. The second-order valence-corrected chi connectivity index (χ2v) is 8.00. The van der Waals surface area contributed by atoms with Crippen LogP contribution in [-0.2, 0) is 15.3 Å². The van der Waals surface area contributed by atoms with Crippen LogP contribution in [0.2, 0.25) is 5.02 Å². The van der Waals surface area contributed by atoms with Crippen LogP contribution in [-0.4, -0.2) is 48.6 Å². The molecule has 2 aromatic rings. The maximum Gasteiger partial charge on any atom is 0.203 e. The molecule has 1 unspecified atom stereocenters. The first-order valence-corrected chi connectivity index (χ1v) is 11.3. The molecule has 32 heavy (non-hydrogen) atoms. The largest absolute Gasteiger partial charge is 0.493 e. The van der Waals surface area contributed by atoms with Crippen LogP contribution in [0, 0.1) is 0 Å². The molecule has 7 heteroatoms. The Hall–Kier alpha value is -1.99. The Morgan fingerprint density at radius 1 is 0.969 bits per heavy atom. The summed E-state index contributed by atoms with van der Waals surface area (Å²) in [5, 5.41) is 3.50. The summed E-state index contributed by atoms with van der Waals surface area (Å²) in [4.78, 5) is 0. The minimum Gasteiger partial charge on any atom is -0.493 e. The van der Waals surface area contributed by atoms with Gasteiger partial charge in [0.15, 0.2) is 17.3 Å². The fourth-order valence-electron chi connectivity index (χ4n) is 3.92. The van der Waals surface area contributed by atoms with E-state index in [-0.39, 0.29) is 0 Å². The first kappa shape index (κ1) is 26.3. The predicted octanol–water partition coefficient (Wildman–Crippen LogP) is 5.38. The zero-order valence-electron chi connectivity index (χ0n) is 20.0. The van der Waals surface area contributed by atoms with Gasteiger partial charge in [0.2, 0.25) is 5.75 Å². The van der Waals surface area contributed by atoms with Crippen LogP contribution in [0.4, 0.5) is 0 Å². The predicted molar refractivity (Wildman–Crippen MR) is 128 cm³/mol. The van der Waals surface area contributed by atoms with Crippen molar-refractivity contribution in [1.82, 2.24) is 5.32 Å². The molecule has 2 aromatic carbocycles. The molecule has 0 aromatic heterocycles. The van der Waals surface area contributed by atoms with E-state index in [0.717, 1.165) is 23.4 Å². The number of halogens is 1. The first-order chi connectivity index (χ1) is 15.5. The molecule has 0 bridgehead atoms. The fraction of sp³-hybridized carbons (Fsp3) is 0.520. The number of nitrogens with one attached hydrogen (secondary N) is 1. The summed E-state index contributed by atoms with van der Waals surface area (Å²) in [5.41, 5.74) is 2.14. The lowest BCUT2D eigenvalue weighted by atomic mass is 9.88. The summed E-state index contributed by atoms with van der Waals surface area (Å²) in [6.07, 6.45) is 2.65. The zero-order chi connectivity index (χ0) is 23.6. The summed E-state index contributed by atoms with van der Waals surface area (Å²) >= 11 is 6.05. The van der Waals surface area contributed by atoms with Crippen molar-refractivity contribution in [2.45, 2.75) is 37.9 Å².